The second-order valence-electron chi connectivity index (χ2n) is 5.52. The van der Waals surface area contributed by atoms with Crippen LogP contribution in [0.25, 0.3) is 0 Å². The number of amides is 1. The molecule has 18 heavy (non-hydrogen) atoms. The number of hydrogen-bond donors (Lipinski definition) is 2. The van der Waals surface area contributed by atoms with E-state index in [0.29, 0.717) is 25.9 Å². The number of hydrogen-bond acceptors (Lipinski definition) is 3. The normalized spacial score (nSPS) is 23.5. The standard InChI is InChI=1S/C13H22N2O3/c1-2-3-13(12(17)18)4-6-15(7-5-13)11(16)10-8-14-9-10/h10,14H,2-9H2,1H3,(H,17,18). The van der Waals surface area contributed by atoms with Crippen molar-refractivity contribution in [3.05, 3.63) is 0 Å². The summed E-state index contributed by atoms with van der Waals surface area (Å²) in [7, 11) is 0. The Hall–Kier alpha value is -1.10. The van der Waals surface area contributed by atoms with Gasteiger partial charge in [0.2, 0.25) is 5.91 Å². The lowest BCUT2D eigenvalue weighted by molar-refractivity contribution is -0.156. The van der Waals surface area contributed by atoms with E-state index in [0.717, 1.165) is 25.9 Å². The number of piperidine rings is 1. The van der Waals surface area contributed by atoms with Crippen LogP contribution >= 0.6 is 0 Å². The van der Waals surface area contributed by atoms with Crippen molar-refractivity contribution >= 4 is 11.9 Å². The van der Waals surface area contributed by atoms with Gasteiger partial charge in [-0.15, -0.1) is 0 Å². The van der Waals surface area contributed by atoms with Crippen LogP contribution in [-0.4, -0.2) is 48.1 Å². The molecule has 0 radical (unpaired) electrons. The molecule has 5 nitrogen and oxygen atoms in total. The van der Waals surface area contributed by atoms with Crippen LogP contribution in [0.15, 0.2) is 0 Å². The minimum absolute atomic E-state index is 0.119. The molecule has 0 aromatic carbocycles. The average Bonchev–Trinajstić information content (AvgIpc) is 2.27. The smallest absolute Gasteiger partial charge is 0.309 e. The number of carbonyl (C=O) groups excluding carboxylic acids is 1. The Kier molecular flexibility index (Phi) is 3.90. The Morgan fingerprint density at radius 1 is 1.33 bits per heavy atom. The van der Waals surface area contributed by atoms with E-state index in [1.807, 2.05) is 11.8 Å². The van der Waals surface area contributed by atoms with Crippen molar-refractivity contribution in [1.82, 2.24) is 10.2 Å². The van der Waals surface area contributed by atoms with E-state index in [-0.39, 0.29) is 11.8 Å². The third-order valence-electron chi connectivity index (χ3n) is 4.35. The van der Waals surface area contributed by atoms with Crippen molar-refractivity contribution in [2.45, 2.75) is 32.6 Å². The number of nitrogens with one attached hydrogen (secondary N) is 1. The monoisotopic (exact) mass is 254 g/mol. The average molecular weight is 254 g/mol. The molecule has 0 spiro atoms. The van der Waals surface area contributed by atoms with Gasteiger partial charge in [0.1, 0.15) is 0 Å². The van der Waals surface area contributed by atoms with Gasteiger partial charge in [0.15, 0.2) is 0 Å². The van der Waals surface area contributed by atoms with Crippen LogP contribution in [0.3, 0.4) is 0 Å². The van der Waals surface area contributed by atoms with Gasteiger partial charge < -0.3 is 15.3 Å². The highest BCUT2D eigenvalue weighted by Gasteiger charge is 2.42. The summed E-state index contributed by atoms with van der Waals surface area (Å²) in [5, 5.41) is 12.5. The highest BCUT2D eigenvalue weighted by atomic mass is 16.4. The van der Waals surface area contributed by atoms with E-state index >= 15 is 0 Å². The number of rotatable bonds is 4. The van der Waals surface area contributed by atoms with Crippen LogP contribution in [0.5, 0.6) is 0 Å². The van der Waals surface area contributed by atoms with Gasteiger partial charge in [-0.2, -0.15) is 0 Å². The van der Waals surface area contributed by atoms with Crippen molar-refractivity contribution in [2.75, 3.05) is 26.2 Å². The minimum atomic E-state index is -0.693. The Morgan fingerprint density at radius 2 is 1.94 bits per heavy atom. The molecule has 5 heteroatoms. The Balaban J connectivity index is 1.93. The Morgan fingerprint density at radius 3 is 2.33 bits per heavy atom. The first-order chi connectivity index (χ1) is 8.59. The largest absolute Gasteiger partial charge is 0.481 e. The molecule has 0 atom stereocenters. The molecule has 2 rings (SSSR count). The topological polar surface area (TPSA) is 69.6 Å². The van der Waals surface area contributed by atoms with Gasteiger partial charge in [0, 0.05) is 26.2 Å². The van der Waals surface area contributed by atoms with E-state index < -0.39 is 11.4 Å². The molecule has 0 aliphatic carbocycles. The second kappa shape index (κ2) is 5.26. The third kappa shape index (κ3) is 2.36. The highest BCUT2D eigenvalue weighted by molar-refractivity contribution is 5.81. The number of likely N-dealkylation sites (tertiary alicyclic amines) is 1. The van der Waals surface area contributed by atoms with Gasteiger partial charge in [-0.05, 0) is 19.3 Å². The van der Waals surface area contributed by atoms with Crippen LogP contribution in [-0.2, 0) is 9.59 Å². The predicted molar refractivity (Wildman–Crippen MR) is 67.2 cm³/mol. The zero-order chi connectivity index (χ0) is 13.2. The van der Waals surface area contributed by atoms with Gasteiger partial charge in [0.25, 0.3) is 0 Å². The summed E-state index contributed by atoms with van der Waals surface area (Å²) in [5.74, 6) is -0.375. The first kappa shape index (κ1) is 13.3. The first-order valence-corrected chi connectivity index (χ1v) is 6.82. The van der Waals surface area contributed by atoms with Gasteiger partial charge in [0.05, 0.1) is 11.3 Å². The molecule has 2 saturated heterocycles. The van der Waals surface area contributed by atoms with E-state index in [1.165, 1.54) is 0 Å². The lowest BCUT2D eigenvalue weighted by Crippen LogP contribution is -2.55. The molecular weight excluding hydrogens is 232 g/mol. The van der Waals surface area contributed by atoms with Crippen LogP contribution < -0.4 is 5.32 Å². The van der Waals surface area contributed by atoms with E-state index in [4.69, 9.17) is 0 Å². The summed E-state index contributed by atoms with van der Waals surface area (Å²) in [6, 6.07) is 0. The van der Waals surface area contributed by atoms with E-state index in [9.17, 15) is 14.7 Å². The van der Waals surface area contributed by atoms with Crippen LogP contribution in [0.2, 0.25) is 0 Å². The summed E-state index contributed by atoms with van der Waals surface area (Å²) < 4.78 is 0. The molecule has 102 valence electrons. The molecule has 1 amide bonds. The molecule has 2 heterocycles. The quantitative estimate of drug-likeness (QED) is 0.775. The molecule has 2 aliphatic heterocycles. The van der Waals surface area contributed by atoms with Crippen LogP contribution in [0.4, 0.5) is 0 Å². The minimum Gasteiger partial charge on any atom is -0.481 e. The fraction of sp³-hybridized carbons (Fsp3) is 0.846. The van der Waals surface area contributed by atoms with Crippen molar-refractivity contribution in [2.24, 2.45) is 11.3 Å². The summed E-state index contributed by atoms with van der Waals surface area (Å²) in [6.45, 7) is 4.76. The first-order valence-electron chi connectivity index (χ1n) is 6.82. The molecule has 0 unspecified atom stereocenters. The molecule has 0 saturated carbocycles. The Labute approximate surface area is 108 Å². The van der Waals surface area contributed by atoms with E-state index in [1.54, 1.807) is 0 Å². The van der Waals surface area contributed by atoms with Crippen molar-refractivity contribution in [1.29, 1.82) is 0 Å². The Bertz CT molecular complexity index is 331. The van der Waals surface area contributed by atoms with Gasteiger partial charge >= 0.3 is 5.97 Å². The number of carboxylic acids is 1. The second-order valence-corrected chi connectivity index (χ2v) is 5.52. The van der Waals surface area contributed by atoms with Crippen LogP contribution in [0.1, 0.15) is 32.6 Å². The highest BCUT2D eigenvalue weighted by Crippen LogP contribution is 2.36. The third-order valence-corrected chi connectivity index (χ3v) is 4.35. The predicted octanol–water partition coefficient (Wildman–Crippen LogP) is 0.699. The number of aliphatic carboxylic acids is 1. The maximum atomic E-state index is 12.1. The molecule has 2 fully saturated rings. The summed E-state index contributed by atoms with van der Waals surface area (Å²) in [4.78, 5) is 25.3. The van der Waals surface area contributed by atoms with Gasteiger partial charge in [-0.1, -0.05) is 13.3 Å². The number of carboxylic acid groups (broad SMARTS) is 1. The maximum absolute atomic E-state index is 12.1. The summed E-state index contributed by atoms with van der Waals surface area (Å²) >= 11 is 0. The summed E-state index contributed by atoms with van der Waals surface area (Å²) in [5.41, 5.74) is -0.594. The van der Waals surface area contributed by atoms with Gasteiger partial charge in [-0.3, -0.25) is 9.59 Å². The molecule has 0 bridgehead atoms. The fourth-order valence-electron chi connectivity index (χ4n) is 2.93. The number of nitrogens with zero attached hydrogens (tertiary/aromatic N) is 1. The molecule has 0 aromatic heterocycles. The maximum Gasteiger partial charge on any atom is 0.309 e. The molecule has 2 N–H and O–H groups in total. The molecular formula is C13H22N2O3. The lowest BCUT2D eigenvalue weighted by Gasteiger charge is -2.41. The lowest BCUT2D eigenvalue weighted by atomic mass is 9.75. The zero-order valence-electron chi connectivity index (χ0n) is 10.9. The van der Waals surface area contributed by atoms with Crippen LogP contribution in [0, 0.1) is 11.3 Å². The molecule has 0 aromatic rings. The van der Waals surface area contributed by atoms with Crippen molar-refractivity contribution in [3.8, 4) is 0 Å². The molecule has 2 aliphatic rings. The fourth-order valence-corrected chi connectivity index (χ4v) is 2.93. The van der Waals surface area contributed by atoms with Crippen molar-refractivity contribution in [3.63, 3.8) is 0 Å². The van der Waals surface area contributed by atoms with E-state index in [2.05, 4.69) is 5.32 Å². The zero-order valence-corrected chi connectivity index (χ0v) is 10.9. The SMILES string of the molecule is CCCC1(C(=O)O)CCN(C(=O)C2CNC2)CC1. The number of carbonyl (C=O) groups is 2. The van der Waals surface area contributed by atoms with Crippen molar-refractivity contribution < 1.29 is 14.7 Å². The van der Waals surface area contributed by atoms with Gasteiger partial charge in [-0.25, -0.2) is 0 Å². The summed E-state index contributed by atoms with van der Waals surface area (Å²) in [6.07, 6.45) is 2.80.